The SMILES string of the molecule is Cc1ccccc1Oc1ccc(OC(C)C(=O)O)cc1. The number of aryl methyl sites for hydroxylation is 1. The average Bonchev–Trinajstić information content (AvgIpc) is 2.43. The molecule has 2 rings (SSSR count). The fourth-order valence-corrected chi connectivity index (χ4v) is 1.64. The van der Waals surface area contributed by atoms with E-state index < -0.39 is 12.1 Å². The Morgan fingerprint density at radius 2 is 1.65 bits per heavy atom. The molecule has 1 unspecified atom stereocenters. The number of carboxylic acid groups (broad SMARTS) is 1. The normalized spacial score (nSPS) is 11.7. The van der Waals surface area contributed by atoms with Crippen LogP contribution in [0.3, 0.4) is 0 Å². The van der Waals surface area contributed by atoms with Crippen LogP contribution in [0.25, 0.3) is 0 Å². The fourth-order valence-electron chi connectivity index (χ4n) is 1.64. The molecule has 1 N–H and O–H groups in total. The molecule has 0 aliphatic rings. The number of benzene rings is 2. The first kappa shape index (κ1) is 13.9. The van der Waals surface area contributed by atoms with Crippen LogP contribution in [-0.2, 0) is 4.79 Å². The highest BCUT2D eigenvalue weighted by Gasteiger charge is 2.12. The Hall–Kier alpha value is -2.49. The molecule has 4 heteroatoms. The topological polar surface area (TPSA) is 55.8 Å². The van der Waals surface area contributed by atoms with E-state index in [1.807, 2.05) is 31.2 Å². The summed E-state index contributed by atoms with van der Waals surface area (Å²) in [6.07, 6.45) is -0.877. The highest BCUT2D eigenvalue weighted by Crippen LogP contribution is 2.26. The number of carbonyl (C=O) groups is 1. The van der Waals surface area contributed by atoms with Gasteiger partial charge in [-0.05, 0) is 49.7 Å². The number of rotatable bonds is 5. The molecule has 0 heterocycles. The molecular formula is C16H16O4. The van der Waals surface area contributed by atoms with E-state index in [-0.39, 0.29) is 0 Å². The van der Waals surface area contributed by atoms with Gasteiger partial charge in [0.25, 0.3) is 0 Å². The first-order valence-corrected chi connectivity index (χ1v) is 6.29. The van der Waals surface area contributed by atoms with Gasteiger partial charge in [0.2, 0.25) is 0 Å². The van der Waals surface area contributed by atoms with Crippen molar-refractivity contribution in [3.8, 4) is 17.2 Å². The molecule has 1 atom stereocenters. The average molecular weight is 272 g/mol. The Balaban J connectivity index is 2.05. The van der Waals surface area contributed by atoms with Gasteiger partial charge in [0, 0.05) is 0 Å². The van der Waals surface area contributed by atoms with E-state index in [1.54, 1.807) is 24.3 Å². The second kappa shape index (κ2) is 6.10. The summed E-state index contributed by atoms with van der Waals surface area (Å²) in [5.74, 6) is 0.969. The Bertz CT molecular complexity index is 590. The number of hydrogen-bond acceptors (Lipinski definition) is 3. The molecule has 2 aromatic carbocycles. The summed E-state index contributed by atoms with van der Waals surface area (Å²) in [5.41, 5.74) is 1.05. The van der Waals surface area contributed by atoms with Crippen molar-refractivity contribution in [3.63, 3.8) is 0 Å². The zero-order chi connectivity index (χ0) is 14.5. The van der Waals surface area contributed by atoms with Gasteiger partial charge >= 0.3 is 5.97 Å². The summed E-state index contributed by atoms with van der Waals surface area (Å²) in [4.78, 5) is 10.7. The molecule has 0 bridgehead atoms. The first-order valence-electron chi connectivity index (χ1n) is 6.29. The van der Waals surface area contributed by atoms with Crippen LogP contribution in [0.15, 0.2) is 48.5 Å². The molecule has 4 nitrogen and oxygen atoms in total. The lowest BCUT2D eigenvalue weighted by Gasteiger charge is -2.12. The first-order chi connectivity index (χ1) is 9.56. The quantitative estimate of drug-likeness (QED) is 0.902. The van der Waals surface area contributed by atoms with Gasteiger partial charge in [0.05, 0.1) is 0 Å². The van der Waals surface area contributed by atoms with Crippen LogP contribution in [0.2, 0.25) is 0 Å². The molecule has 0 aliphatic heterocycles. The number of aliphatic carboxylic acids is 1. The lowest BCUT2D eigenvalue weighted by atomic mass is 10.2. The summed E-state index contributed by atoms with van der Waals surface area (Å²) in [5, 5.41) is 8.77. The predicted molar refractivity (Wildman–Crippen MR) is 75.4 cm³/mol. The molecule has 104 valence electrons. The third-order valence-electron chi connectivity index (χ3n) is 2.81. The molecule has 2 aromatic rings. The smallest absolute Gasteiger partial charge is 0.344 e. The van der Waals surface area contributed by atoms with E-state index in [4.69, 9.17) is 14.6 Å². The lowest BCUT2D eigenvalue weighted by molar-refractivity contribution is -0.144. The summed E-state index contributed by atoms with van der Waals surface area (Å²) >= 11 is 0. The van der Waals surface area contributed by atoms with Crippen LogP contribution in [0.4, 0.5) is 0 Å². The van der Waals surface area contributed by atoms with Crippen molar-refractivity contribution in [2.45, 2.75) is 20.0 Å². The molecule has 0 aliphatic carbocycles. The number of para-hydroxylation sites is 1. The maximum Gasteiger partial charge on any atom is 0.344 e. The molecule has 0 amide bonds. The van der Waals surface area contributed by atoms with Gasteiger partial charge in [0.15, 0.2) is 6.10 Å². The summed E-state index contributed by atoms with van der Waals surface area (Å²) in [7, 11) is 0. The monoisotopic (exact) mass is 272 g/mol. The Labute approximate surface area is 117 Å². The summed E-state index contributed by atoms with van der Waals surface area (Å²) in [6, 6.07) is 14.6. The number of carboxylic acids is 1. The summed E-state index contributed by atoms with van der Waals surface area (Å²) < 4.78 is 11.0. The zero-order valence-corrected chi connectivity index (χ0v) is 11.4. The maximum absolute atomic E-state index is 10.7. The number of hydrogen-bond donors (Lipinski definition) is 1. The van der Waals surface area contributed by atoms with Crippen LogP contribution in [0, 0.1) is 6.92 Å². The van der Waals surface area contributed by atoms with Crippen LogP contribution in [-0.4, -0.2) is 17.2 Å². The van der Waals surface area contributed by atoms with Crippen molar-refractivity contribution in [2.24, 2.45) is 0 Å². The molecule has 20 heavy (non-hydrogen) atoms. The maximum atomic E-state index is 10.7. The predicted octanol–water partition coefficient (Wildman–Crippen LogP) is 3.64. The molecule has 0 radical (unpaired) electrons. The van der Waals surface area contributed by atoms with E-state index in [0.717, 1.165) is 11.3 Å². The standard InChI is InChI=1S/C16H16O4/c1-11-5-3-4-6-15(11)20-14-9-7-13(8-10-14)19-12(2)16(17)18/h3-10,12H,1-2H3,(H,17,18). The van der Waals surface area contributed by atoms with Gasteiger partial charge in [0.1, 0.15) is 17.2 Å². The Kier molecular flexibility index (Phi) is 4.25. The van der Waals surface area contributed by atoms with Gasteiger partial charge in [-0.3, -0.25) is 0 Å². The number of ether oxygens (including phenoxy) is 2. The van der Waals surface area contributed by atoms with Crippen LogP contribution in [0.5, 0.6) is 17.2 Å². The Morgan fingerprint density at radius 3 is 2.25 bits per heavy atom. The summed E-state index contributed by atoms with van der Waals surface area (Å²) in [6.45, 7) is 3.46. The Morgan fingerprint density at radius 1 is 1.05 bits per heavy atom. The van der Waals surface area contributed by atoms with E-state index in [1.165, 1.54) is 6.92 Å². The molecule has 0 saturated heterocycles. The minimum Gasteiger partial charge on any atom is -0.479 e. The van der Waals surface area contributed by atoms with Gasteiger partial charge < -0.3 is 14.6 Å². The lowest BCUT2D eigenvalue weighted by Crippen LogP contribution is -2.22. The third-order valence-corrected chi connectivity index (χ3v) is 2.81. The van der Waals surface area contributed by atoms with Crippen molar-refractivity contribution in [2.75, 3.05) is 0 Å². The van der Waals surface area contributed by atoms with Crippen molar-refractivity contribution < 1.29 is 19.4 Å². The molecule has 0 aromatic heterocycles. The molecule has 0 saturated carbocycles. The van der Waals surface area contributed by atoms with E-state index >= 15 is 0 Å². The van der Waals surface area contributed by atoms with Crippen molar-refractivity contribution in [1.29, 1.82) is 0 Å². The second-order valence-electron chi connectivity index (χ2n) is 4.44. The van der Waals surface area contributed by atoms with E-state index in [9.17, 15) is 4.79 Å². The largest absolute Gasteiger partial charge is 0.479 e. The van der Waals surface area contributed by atoms with Crippen LogP contribution in [0.1, 0.15) is 12.5 Å². The van der Waals surface area contributed by atoms with E-state index in [0.29, 0.717) is 11.5 Å². The van der Waals surface area contributed by atoms with Crippen molar-refractivity contribution in [3.05, 3.63) is 54.1 Å². The van der Waals surface area contributed by atoms with Crippen molar-refractivity contribution >= 4 is 5.97 Å². The van der Waals surface area contributed by atoms with Crippen LogP contribution >= 0.6 is 0 Å². The van der Waals surface area contributed by atoms with Crippen molar-refractivity contribution in [1.82, 2.24) is 0 Å². The molecule has 0 spiro atoms. The highest BCUT2D eigenvalue weighted by atomic mass is 16.5. The third kappa shape index (κ3) is 3.51. The van der Waals surface area contributed by atoms with Gasteiger partial charge in [-0.15, -0.1) is 0 Å². The van der Waals surface area contributed by atoms with Gasteiger partial charge in [-0.1, -0.05) is 18.2 Å². The minimum atomic E-state index is -0.995. The van der Waals surface area contributed by atoms with Gasteiger partial charge in [-0.25, -0.2) is 4.79 Å². The highest BCUT2D eigenvalue weighted by molar-refractivity contribution is 5.72. The van der Waals surface area contributed by atoms with Gasteiger partial charge in [-0.2, -0.15) is 0 Å². The van der Waals surface area contributed by atoms with Crippen LogP contribution < -0.4 is 9.47 Å². The van der Waals surface area contributed by atoms with E-state index in [2.05, 4.69) is 0 Å². The minimum absolute atomic E-state index is 0.497. The zero-order valence-electron chi connectivity index (χ0n) is 11.4. The molecular weight excluding hydrogens is 256 g/mol. The fraction of sp³-hybridized carbons (Fsp3) is 0.188. The second-order valence-corrected chi connectivity index (χ2v) is 4.44. The molecule has 0 fully saturated rings.